The van der Waals surface area contributed by atoms with E-state index in [1.807, 2.05) is 28.9 Å². The summed E-state index contributed by atoms with van der Waals surface area (Å²) in [4.78, 5) is 33.9. The van der Waals surface area contributed by atoms with Gasteiger partial charge < -0.3 is 14.3 Å². The monoisotopic (exact) mass is 444 g/mol. The van der Waals surface area contributed by atoms with Crippen molar-refractivity contribution < 1.29 is 14.1 Å². The Bertz CT molecular complexity index is 914. The molecule has 0 radical (unpaired) electrons. The highest BCUT2D eigenvalue weighted by Gasteiger charge is 2.34. The molecule has 2 aliphatic heterocycles. The Hall–Kier alpha value is -2.41. The predicted octanol–water partition coefficient (Wildman–Crippen LogP) is 4.13. The first-order valence-electron chi connectivity index (χ1n) is 11.2. The van der Waals surface area contributed by atoms with Gasteiger partial charge in [-0.15, -0.1) is 0 Å². The van der Waals surface area contributed by atoms with Gasteiger partial charge in [0.15, 0.2) is 0 Å². The molecular formula is C23H29ClN4O3. The average Bonchev–Trinajstić information content (AvgIpc) is 3.30. The van der Waals surface area contributed by atoms with Crippen molar-refractivity contribution in [3.05, 3.63) is 35.2 Å². The van der Waals surface area contributed by atoms with Crippen LogP contribution in [-0.2, 0) is 9.59 Å². The molecule has 8 heteroatoms. The highest BCUT2D eigenvalue weighted by molar-refractivity contribution is 6.30. The van der Waals surface area contributed by atoms with Crippen LogP contribution in [0.25, 0.3) is 11.4 Å². The number of piperidine rings is 2. The van der Waals surface area contributed by atoms with E-state index in [0.29, 0.717) is 36.2 Å². The summed E-state index contributed by atoms with van der Waals surface area (Å²) in [5, 5.41) is 4.78. The third kappa shape index (κ3) is 5.09. The summed E-state index contributed by atoms with van der Waals surface area (Å²) in [6.07, 6.45) is 4.94. The normalized spacial score (nSPS) is 21.9. The van der Waals surface area contributed by atoms with Gasteiger partial charge in [0.1, 0.15) is 0 Å². The summed E-state index contributed by atoms with van der Waals surface area (Å²) >= 11 is 5.95. The van der Waals surface area contributed by atoms with E-state index in [-0.39, 0.29) is 23.7 Å². The third-order valence-corrected chi connectivity index (χ3v) is 6.47. The van der Waals surface area contributed by atoms with Gasteiger partial charge in [-0.05, 0) is 56.4 Å². The predicted molar refractivity (Wildman–Crippen MR) is 118 cm³/mol. The lowest BCUT2D eigenvalue weighted by Gasteiger charge is -2.37. The Kier molecular flexibility index (Phi) is 6.90. The van der Waals surface area contributed by atoms with E-state index in [2.05, 4.69) is 10.1 Å². The highest BCUT2D eigenvalue weighted by atomic mass is 35.5. The minimum absolute atomic E-state index is 0.0349. The number of hydrogen-bond acceptors (Lipinski definition) is 5. The lowest BCUT2D eigenvalue weighted by Crippen LogP contribution is -2.48. The lowest BCUT2D eigenvalue weighted by atomic mass is 9.92. The van der Waals surface area contributed by atoms with E-state index in [1.54, 1.807) is 12.1 Å². The maximum Gasteiger partial charge on any atom is 0.231 e. The molecule has 0 bridgehead atoms. The molecule has 0 spiro atoms. The standard InChI is InChI=1S/C23H29ClN4O3/c1-2-5-20(29)27-12-4-7-18(15-27)23(30)28-13-3-6-17(14-28)22-25-21(26-31-22)16-8-10-19(24)11-9-16/h8-11,17-18H,2-7,12-15H2,1H3. The van der Waals surface area contributed by atoms with Crippen molar-refractivity contribution in [3.63, 3.8) is 0 Å². The summed E-state index contributed by atoms with van der Waals surface area (Å²) in [6, 6.07) is 7.32. The largest absolute Gasteiger partial charge is 0.342 e. The Morgan fingerprint density at radius 2 is 1.84 bits per heavy atom. The maximum absolute atomic E-state index is 13.2. The van der Waals surface area contributed by atoms with Crippen LogP contribution >= 0.6 is 11.6 Å². The van der Waals surface area contributed by atoms with Crippen LogP contribution < -0.4 is 0 Å². The second kappa shape index (κ2) is 9.81. The van der Waals surface area contributed by atoms with Crippen LogP contribution in [0.4, 0.5) is 0 Å². The van der Waals surface area contributed by atoms with E-state index >= 15 is 0 Å². The SMILES string of the molecule is CCCC(=O)N1CCCC(C(=O)N2CCCC(c3nc(-c4ccc(Cl)cc4)no3)C2)C1. The Balaban J connectivity index is 1.40. The summed E-state index contributed by atoms with van der Waals surface area (Å²) < 4.78 is 5.55. The average molecular weight is 445 g/mol. The fourth-order valence-corrected chi connectivity index (χ4v) is 4.66. The first kappa shape index (κ1) is 21.8. The van der Waals surface area contributed by atoms with Crippen molar-refractivity contribution in [2.75, 3.05) is 26.2 Å². The van der Waals surface area contributed by atoms with Gasteiger partial charge in [-0.2, -0.15) is 4.98 Å². The number of halogens is 1. The molecule has 2 unspecified atom stereocenters. The second-order valence-electron chi connectivity index (χ2n) is 8.52. The zero-order valence-electron chi connectivity index (χ0n) is 17.9. The van der Waals surface area contributed by atoms with Gasteiger partial charge in [-0.25, -0.2) is 0 Å². The van der Waals surface area contributed by atoms with Crippen molar-refractivity contribution in [3.8, 4) is 11.4 Å². The van der Waals surface area contributed by atoms with Gasteiger partial charge in [0.05, 0.1) is 11.8 Å². The van der Waals surface area contributed by atoms with Crippen LogP contribution in [0.15, 0.2) is 28.8 Å². The summed E-state index contributed by atoms with van der Waals surface area (Å²) in [7, 11) is 0. The molecule has 31 heavy (non-hydrogen) atoms. The minimum atomic E-state index is -0.111. The third-order valence-electron chi connectivity index (χ3n) is 6.21. The quantitative estimate of drug-likeness (QED) is 0.692. The van der Waals surface area contributed by atoms with Crippen molar-refractivity contribution in [2.45, 2.75) is 51.4 Å². The molecule has 2 aromatic rings. The van der Waals surface area contributed by atoms with Gasteiger partial charge in [0.2, 0.25) is 23.5 Å². The summed E-state index contributed by atoms with van der Waals surface area (Å²) in [5.74, 6) is 1.35. The van der Waals surface area contributed by atoms with E-state index in [9.17, 15) is 9.59 Å². The molecular weight excluding hydrogens is 416 g/mol. The molecule has 2 saturated heterocycles. The van der Waals surface area contributed by atoms with Crippen molar-refractivity contribution in [2.24, 2.45) is 5.92 Å². The number of rotatable bonds is 5. The number of aromatic nitrogens is 2. The molecule has 4 rings (SSSR count). The van der Waals surface area contributed by atoms with Crippen molar-refractivity contribution in [1.82, 2.24) is 19.9 Å². The van der Waals surface area contributed by atoms with E-state index in [1.165, 1.54) is 0 Å². The summed E-state index contributed by atoms with van der Waals surface area (Å²) in [5.41, 5.74) is 0.849. The number of hydrogen-bond donors (Lipinski definition) is 0. The number of carbonyl (C=O) groups is 2. The molecule has 7 nitrogen and oxygen atoms in total. The van der Waals surface area contributed by atoms with Crippen LogP contribution in [0, 0.1) is 5.92 Å². The molecule has 2 amide bonds. The molecule has 0 aliphatic carbocycles. The topological polar surface area (TPSA) is 79.5 Å². The minimum Gasteiger partial charge on any atom is -0.342 e. The zero-order valence-corrected chi connectivity index (χ0v) is 18.7. The van der Waals surface area contributed by atoms with Crippen LogP contribution in [0.2, 0.25) is 5.02 Å². The second-order valence-corrected chi connectivity index (χ2v) is 8.95. The maximum atomic E-state index is 13.2. The van der Waals surface area contributed by atoms with Crippen molar-refractivity contribution in [1.29, 1.82) is 0 Å². The van der Waals surface area contributed by atoms with Crippen LogP contribution in [0.5, 0.6) is 0 Å². The van der Waals surface area contributed by atoms with Gasteiger partial charge in [-0.1, -0.05) is 23.7 Å². The zero-order chi connectivity index (χ0) is 21.8. The number of amides is 2. The number of likely N-dealkylation sites (tertiary alicyclic amines) is 2. The Morgan fingerprint density at radius 1 is 1.10 bits per heavy atom. The number of benzene rings is 1. The first-order chi connectivity index (χ1) is 15.0. The van der Waals surface area contributed by atoms with Gasteiger partial charge in [0.25, 0.3) is 0 Å². The molecule has 2 aliphatic rings. The fraction of sp³-hybridized carbons (Fsp3) is 0.565. The molecule has 3 heterocycles. The molecule has 166 valence electrons. The molecule has 1 aromatic carbocycles. The van der Waals surface area contributed by atoms with E-state index < -0.39 is 0 Å². The van der Waals surface area contributed by atoms with Gasteiger partial charge in [-0.3, -0.25) is 9.59 Å². The van der Waals surface area contributed by atoms with E-state index in [0.717, 1.165) is 50.8 Å². The first-order valence-corrected chi connectivity index (χ1v) is 11.6. The molecule has 2 fully saturated rings. The van der Waals surface area contributed by atoms with Crippen LogP contribution in [0.1, 0.15) is 57.3 Å². The van der Waals surface area contributed by atoms with Gasteiger partial charge in [0, 0.05) is 43.2 Å². The Labute approximate surface area is 187 Å². The fourth-order valence-electron chi connectivity index (χ4n) is 4.53. The Morgan fingerprint density at radius 3 is 2.61 bits per heavy atom. The van der Waals surface area contributed by atoms with Crippen LogP contribution in [0.3, 0.4) is 0 Å². The lowest BCUT2D eigenvalue weighted by molar-refractivity contribution is -0.141. The molecule has 0 N–H and O–H groups in total. The van der Waals surface area contributed by atoms with E-state index in [4.69, 9.17) is 16.1 Å². The van der Waals surface area contributed by atoms with Crippen LogP contribution in [-0.4, -0.2) is 57.9 Å². The number of carbonyl (C=O) groups excluding carboxylic acids is 2. The van der Waals surface area contributed by atoms with Gasteiger partial charge >= 0.3 is 0 Å². The smallest absolute Gasteiger partial charge is 0.231 e. The highest BCUT2D eigenvalue weighted by Crippen LogP contribution is 2.30. The molecule has 2 atom stereocenters. The molecule has 1 aromatic heterocycles. The summed E-state index contributed by atoms with van der Waals surface area (Å²) in [6.45, 7) is 4.64. The van der Waals surface area contributed by atoms with Crippen molar-refractivity contribution >= 4 is 23.4 Å². The number of nitrogens with zero attached hydrogens (tertiary/aromatic N) is 4. The molecule has 0 saturated carbocycles.